The summed E-state index contributed by atoms with van der Waals surface area (Å²) in [5.74, 6) is -0.712. The molecule has 2 aliphatic rings. The van der Waals surface area contributed by atoms with Crippen molar-refractivity contribution in [3.05, 3.63) is 18.1 Å². The Kier molecular flexibility index (Phi) is 5.63. The second-order valence-electron chi connectivity index (χ2n) is 5.90. The molecule has 0 saturated carbocycles. The molecule has 0 spiro atoms. The highest BCUT2D eigenvalue weighted by Gasteiger charge is 2.47. The van der Waals surface area contributed by atoms with Crippen molar-refractivity contribution in [1.29, 1.82) is 0 Å². The van der Waals surface area contributed by atoms with Crippen molar-refractivity contribution in [1.82, 2.24) is 9.97 Å². The number of anilines is 1. The normalized spacial score (nSPS) is 28.7. The highest BCUT2D eigenvalue weighted by Crippen LogP contribution is 2.34. The second kappa shape index (κ2) is 7.18. The minimum absolute atomic E-state index is 0.000486. The van der Waals surface area contributed by atoms with Crippen LogP contribution in [-0.4, -0.2) is 47.2 Å². The van der Waals surface area contributed by atoms with E-state index < -0.39 is 17.7 Å². The Labute approximate surface area is 137 Å². The van der Waals surface area contributed by atoms with Crippen molar-refractivity contribution in [2.45, 2.75) is 50.5 Å². The molecule has 3 atom stereocenters. The van der Waals surface area contributed by atoms with Crippen molar-refractivity contribution in [3.63, 3.8) is 0 Å². The van der Waals surface area contributed by atoms with Gasteiger partial charge in [-0.05, 0) is 20.3 Å². The molecule has 0 aliphatic carbocycles. The van der Waals surface area contributed by atoms with E-state index in [1.807, 2.05) is 13.8 Å². The molecule has 3 rings (SSSR count). The topological polar surface area (TPSA) is 106 Å². The van der Waals surface area contributed by atoms with Gasteiger partial charge in [-0.25, -0.2) is 4.98 Å². The van der Waals surface area contributed by atoms with Gasteiger partial charge in [0.25, 0.3) is 0 Å². The zero-order valence-corrected chi connectivity index (χ0v) is 13.4. The molecule has 7 nitrogen and oxygen atoms in total. The molecule has 0 aromatic carbocycles. The maximum atomic E-state index is 11.8. The molecule has 136 valence electrons. The first-order chi connectivity index (χ1) is 11.1. The Bertz CT molecular complexity index is 556. The van der Waals surface area contributed by atoms with Gasteiger partial charge in [-0.2, -0.15) is 13.2 Å². The van der Waals surface area contributed by atoms with E-state index >= 15 is 0 Å². The van der Waals surface area contributed by atoms with Gasteiger partial charge in [-0.3, -0.25) is 4.98 Å². The lowest BCUT2D eigenvalue weighted by molar-refractivity contribution is -0.152. The van der Waals surface area contributed by atoms with Crippen LogP contribution in [0.4, 0.5) is 19.0 Å². The minimum atomic E-state index is -4.47. The number of alkyl halides is 3. The molecule has 2 saturated heterocycles. The maximum Gasteiger partial charge on any atom is 0.434 e. The molecule has 2 fully saturated rings. The lowest BCUT2D eigenvalue weighted by atomic mass is 10.0. The summed E-state index contributed by atoms with van der Waals surface area (Å²) >= 11 is 0. The second-order valence-corrected chi connectivity index (χ2v) is 5.90. The van der Waals surface area contributed by atoms with Gasteiger partial charge < -0.3 is 25.7 Å². The largest absolute Gasteiger partial charge is 0.434 e. The Morgan fingerprint density at radius 1 is 1.29 bits per heavy atom. The summed E-state index contributed by atoms with van der Waals surface area (Å²) in [6.07, 6.45) is -1.70. The van der Waals surface area contributed by atoms with Crippen LogP contribution in [-0.2, 0) is 20.4 Å². The first-order valence-corrected chi connectivity index (χ1v) is 7.44. The molecule has 3 heterocycles. The van der Waals surface area contributed by atoms with Gasteiger partial charge in [-0.1, -0.05) is 0 Å². The Balaban J connectivity index is 0.000000177. The standard InChI is InChI=1S/C9H17NO3.C5H4F3N3/c1-9(2)12-6-3-4-11-7(5-10)8(6)13-9;6-5(7,8)3-1-10-2-4(9)11-3/h6-8H,3-5,10H2,1-2H3;1-2H,(H2,9,11). The first-order valence-electron chi connectivity index (χ1n) is 7.44. The van der Waals surface area contributed by atoms with Gasteiger partial charge in [-0.15, -0.1) is 0 Å². The number of fused-ring (bicyclic) bond motifs is 1. The molecule has 1 aromatic heterocycles. The molecule has 0 radical (unpaired) electrons. The summed E-state index contributed by atoms with van der Waals surface area (Å²) in [6.45, 7) is 5.08. The van der Waals surface area contributed by atoms with E-state index in [0.29, 0.717) is 12.7 Å². The minimum Gasteiger partial charge on any atom is -0.382 e. The average molecular weight is 350 g/mol. The van der Waals surface area contributed by atoms with Crippen LogP contribution in [0.5, 0.6) is 0 Å². The van der Waals surface area contributed by atoms with Crippen LogP contribution in [0, 0.1) is 0 Å². The highest BCUT2D eigenvalue weighted by molar-refractivity contribution is 5.24. The number of hydrogen-bond acceptors (Lipinski definition) is 7. The van der Waals surface area contributed by atoms with Gasteiger partial charge in [0, 0.05) is 13.2 Å². The molecular weight excluding hydrogens is 329 g/mol. The zero-order valence-electron chi connectivity index (χ0n) is 13.4. The number of nitrogens with two attached hydrogens (primary N) is 2. The summed E-state index contributed by atoms with van der Waals surface area (Å²) in [4.78, 5) is 6.28. The lowest BCUT2D eigenvalue weighted by Gasteiger charge is -2.30. The molecule has 4 N–H and O–H groups in total. The molecule has 0 bridgehead atoms. The van der Waals surface area contributed by atoms with E-state index in [4.69, 9.17) is 25.7 Å². The van der Waals surface area contributed by atoms with Crippen molar-refractivity contribution >= 4 is 5.82 Å². The van der Waals surface area contributed by atoms with Crippen molar-refractivity contribution < 1.29 is 27.4 Å². The maximum absolute atomic E-state index is 11.8. The molecule has 24 heavy (non-hydrogen) atoms. The fourth-order valence-electron chi connectivity index (χ4n) is 2.55. The monoisotopic (exact) mass is 350 g/mol. The molecular formula is C14H21F3N4O3. The summed E-state index contributed by atoms with van der Waals surface area (Å²) in [5, 5.41) is 0. The molecule has 3 unspecified atom stereocenters. The SMILES string of the molecule is CC1(C)OC2CCOC(CN)C2O1.Nc1cncc(C(F)(F)F)n1. The number of rotatable bonds is 1. The molecule has 10 heteroatoms. The highest BCUT2D eigenvalue weighted by atomic mass is 19.4. The quantitative estimate of drug-likeness (QED) is 0.787. The van der Waals surface area contributed by atoms with E-state index in [9.17, 15) is 13.2 Å². The van der Waals surface area contributed by atoms with Gasteiger partial charge in [0.15, 0.2) is 11.5 Å². The first kappa shape index (κ1) is 18.8. The lowest BCUT2D eigenvalue weighted by Crippen LogP contribution is -2.46. The fourth-order valence-corrected chi connectivity index (χ4v) is 2.55. The summed E-state index contributed by atoms with van der Waals surface area (Å²) in [7, 11) is 0. The van der Waals surface area contributed by atoms with Crippen molar-refractivity contribution in [2.24, 2.45) is 5.73 Å². The number of nitrogen functional groups attached to an aromatic ring is 1. The predicted molar refractivity (Wildman–Crippen MR) is 78.7 cm³/mol. The van der Waals surface area contributed by atoms with E-state index in [1.165, 1.54) is 0 Å². The number of hydrogen-bond donors (Lipinski definition) is 2. The van der Waals surface area contributed by atoms with Gasteiger partial charge in [0.05, 0.1) is 24.6 Å². The number of halogens is 3. The smallest absolute Gasteiger partial charge is 0.382 e. The zero-order chi connectivity index (χ0) is 18.0. The van der Waals surface area contributed by atoms with E-state index in [-0.39, 0.29) is 24.1 Å². The molecule has 1 aromatic rings. The Hall–Kier alpha value is -1.49. The van der Waals surface area contributed by atoms with Crippen LogP contribution < -0.4 is 11.5 Å². The fraction of sp³-hybridized carbons (Fsp3) is 0.714. The molecule has 0 amide bonds. The predicted octanol–water partition coefficient (Wildman–Crippen LogP) is 1.33. The third-order valence-corrected chi connectivity index (χ3v) is 3.50. The Morgan fingerprint density at radius 3 is 2.54 bits per heavy atom. The summed E-state index contributed by atoms with van der Waals surface area (Å²) in [5.41, 5.74) is 9.50. The van der Waals surface area contributed by atoms with Crippen molar-refractivity contribution in [3.8, 4) is 0 Å². The van der Waals surface area contributed by atoms with Gasteiger partial charge >= 0.3 is 6.18 Å². The van der Waals surface area contributed by atoms with Crippen LogP contribution in [0.1, 0.15) is 26.0 Å². The van der Waals surface area contributed by atoms with Crippen LogP contribution in [0.25, 0.3) is 0 Å². The number of nitrogens with zero attached hydrogens (tertiary/aromatic N) is 2. The third kappa shape index (κ3) is 4.76. The summed E-state index contributed by atoms with van der Waals surface area (Å²) < 4.78 is 52.4. The van der Waals surface area contributed by atoms with Crippen LogP contribution in [0.2, 0.25) is 0 Å². The average Bonchev–Trinajstić information content (AvgIpc) is 2.80. The van der Waals surface area contributed by atoms with Crippen LogP contribution >= 0.6 is 0 Å². The number of ether oxygens (including phenoxy) is 3. The van der Waals surface area contributed by atoms with E-state index in [2.05, 4.69) is 9.97 Å². The molecule has 2 aliphatic heterocycles. The van der Waals surface area contributed by atoms with Gasteiger partial charge in [0.2, 0.25) is 0 Å². The van der Waals surface area contributed by atoms with Crippen LogP contribution in [0.15, 0.2) is 12.4 Å². The summed E-state index contributed by atoms with van der Waals surface area (Å²) in [6, 6.07) is 0. The van der Waals surface area contributed by atoms with E-state index in [1.54, 1.807) is 0 Å². The Morgan fingerprint density at radius 2 is 2.00 bits per heavy atom. The van der Waals surface area contributed by atoms with Crippen molar-refractivity contribution in [2.75, 3.05) is 18.9 Å². The third-order valence-electron chi connectivity index (χ3n) is 3.50. The van der Waals surface area contributed by atoms with Crippen LogP contribution in [0.3, 0.4) is 0 Å². The van der Waals surface area contributed by atoms with Gasteiger partial charge in [0.1, 0.15) is 11.9 Å². The van der Waals surface area contributed by atoms with E-state index in [0.717, 1.165) is 19.2 Å². The number of aromatic nitrogens is 2.